The van der Waals surface area contributed by atoms with Crippen LogP contribution in [0, 0.1) is 12.7 Å². The van der Waals surface area contributed by atoms with Crippen molar-refractivity contribution >= 4 is 16.9 Å². The van der Waals surface area contributed by atoms with Gasteiger partial charge in [-0.05, 0) is 37.1 Å². The molecule has 0 aliphatic carbocycles. The molecule has 0 fully saturated rings. The molecule has 1 atom stereocenters. The van der Waals surface area contributed by atoms with Crippen molar-refractivity contribution in [3.63, 3.8) is 0 Å². The second-order valence-corrected chi connectivity index (χ2v) is 5.39. The number of furan rings is 1. The van der Waals surface area contributed by atoms with Crippen LogP contribution in [0.4, 0.5) is 4.39 Å². The molecule has 2 heterocycles. The van der Waals surface area contributed by atoms with E-state index < -0.39 is 5.82 Å². The highest BCUT2D eigenvalue weighted by Gasteiger charge is 2.22. The second-order valence-electron chi connectivity index (χ2n) is 5.39. The van der Waals surface area contributed by atoms with Gasteiger partial charge in [-0.1, -0.05) is 19.1 Å². The van der Waals surface area contributed by atoms with E-state index in [-0.39, 0.29) is 23.3 Å². The van der Waals surface area contributed by atoms with Crippen LogP contribution in [0.15, 0.2) is 47.1 Å². The maximum Gasteiger partial charge on any atom is 0.287 e. The molecule has 1 unspecified atom stereocenters. The van der Waals surface area contributed by atoms with E-state index in [0.717, 1.165) is 12.0 Å². The van der Waals surface area contributed by atoms with Gasteiger partial charge < -0.3 is 9.73 Å². The lowest BCUT2D eigenvalue weighted by atomic mass is 10.1. The number of halogens is 1. The fourth-order valence-electron chi connectivity index (χ4n) is 2.67. The number of para-hydroxylation sites is 1. The minimum Gasteiger partial charge on any atom is -0.448 e. The number of nitrogens with one attached hydrogen (secondary N) is 1. The number of hydrogen-bond acceptors (Lipinski definition) is 3. The first-order valence-electron chi connectivity index (χ1n) is 7.50. The summed E-state index contributed by atoms with van der Waals surface area (Å²) in [5, 5.41) is 3.56. The highest BCUT2D eigenvalue weighted by Crippen LogP contribution is 2.28. The number of amides is 1. The molecule has 5 heteroatoms. The lowest BCUT2D eigenvalue weighted by Crippen LogP contribution is -2.28. The van der Waals surface area contributed by atoms with E-state index in [1.165, 1.54) is 6.07 Å². The number of fused-ring (bicyclic) bond motifs is 1. The largest absolute Gasteiger partial charge is 0.448 e. The first-order valence-corrected chi connectivity index (χ1v) is 7.50. The van der Waals surface area contributed by atoms with Crippen molar-refractivity contribution in [1.82, 2.24) is 10.3 Å². The molecule has 0 aliphatic rings. The van der Waals surface area contributed by atoms with Gasteiger partial charge >= 0.3 is 0 Å². The number of benzene rings is 1. The molecule has 0 aliphatic heterocycles. The maximum absolute atomic E-state index is 13.8. The van der Waals surface area contributed by atoms with Gasteiger partial charge in [-0.3, -0.25) is 9.78 Å². The zero-order chi connectivity index (χ0) is 16.4. The fraction of sp³-hybridized carbons (Fsp3) is 0.222. The summed E-state index contributed by atoms with van der Waals surface area (Å²) in [6.07, 6.45) is 4.10. The third-order valence-electron chi connectivity index (χ3n) is 3.94. The van der Waals surface area contributed by atoms with E-state index in [4.69, 9.17) is 4.42 Å². The molecule has 3 aromatic rings. The molecule has 1 N–H and O–H groups in total. The highest BCUT2D eigenvalue weighted by atomic mass is 19.1. The second kappa shape index (κ2) is 6.20. The standard InChI is InChI=1S/C18H17FN2O2/c1-3-15(12-7-9-20-10-8-12)21-18(22)16-11(2)13-5-4-6-14(19)17(13)23-16/h4-10,15H,3H2,1-2H3,(H,21,22). The molecule has 0 radical (unpaired) electrons. The van der Waals surface area contributed by atoms with E-state index in [1.807, 2.05) is 19.1 Å². The number of pyridine rings is 1. The van der Waals surface area contributed by atoms with E-state index in [1.54, 1.807) is 31.5 Å². The number of aromatic nitrogens is 1. The van der Waals surface area contributed by atoms with Gasteiger partial charge in [-0.25, -0.2) is 4.39 Å². The molecule has 0 bridgehead atoms. The molecular formula is C18H17FN2O2. The average molecular weight is 312 g/mol. The van der Waals surface area contributed by atoms with Crippen LogP contribution in [0.1, 0.15) is 41.1 Å². The molecule has 0 spiro atoms. The van der Waals surface area contributed by atoms with Crippen LogP contribution in [0.2, 0.25) is 0 Å². The third-order valence-corrected chi connectivity index (χ3v) is 3.94. The minimum atomic E-state index is -0.467. The van der Waals surface area contributed by atoms with Crippen molar-refractivity contribution in [3.8, 4) is 0 Å². The number of hydrogen-bond donors (Lipinski definition) is 1. The van der Waals surface area contributed by atoms with Crippen LogP contribution >= 0.6 is 0 Å². The van der Waals surface area contributed by atoms with Crippen molar-refractivity contribution in [2.24, 2.45) is 0 Å². The van der Waals surface area contributed by atoms with Gasteiger partial charge in [0.1, 0.15) is 0 Å². The highest BCUT2D eigenvalue weighted by molar-refractivity contribution is 5.99. The first kappa shape index (κ1) is 15.2. The summed E-state index contributed by atoms with van der Waals surface area (Å²) in [5.74, 6) is -0.662. The molecule has 118 valence electrons. The van der Waals surface area contributed by atoms with Gasteiger partial charge in [-0.15, -0.1) is 0 Å². The van der Waals surface area contributed by atoms with Crippen molar-refractivity contribution in [2.75, 3.05) is 0 Å². The molecule has 23 heavy (non-hydrogen) atoms. The van der Waals surface area contributed by atoms with Gasteiger partial charge in [0.15, 0.2) is 17.2 Å². The number of nitrogens with zero attached hydrogens (tertiary/aromatic N) is 1. The predicted molar refractivity (Wildman–Crippen MR) is 85.6 cm³/mol. The normalized spacial score (nSPS) is 12.3. The fourth-order valence-corrected chi connectivity index (χ4v) is 2.67. The summed E-state index contributed by atoms with van der Waals surface area (Å²) in [5.41, 5.74) is 1.73. The van der Waals surface area contributed by atoms with Crippen molar-refractivity contribution in [3.05, 3.63) is 65.4 Å². The first-order chi connectivity index (χ1) is 11.1. The molecule has 2 aromatic heterocycles. The van der Waals surface area contributed by atoms with Gasteiger partial charge in [0, 0.05) is 23.3 Å². The molecule has 1 aromatic carbocycles. The molecular weight excluding hydrogens is 295 g/mol. The predicted octanol–water partition coefficient (Wildman–Crippen LogP) is 4.16. The monoisotopic (exact) mass is 312 g/mol. The third kappa shape index (κ3) is 2.82. The summed E-state index contributed by atoms with van der Waals surface area (Å²) in [6, 6.07) is 8.24. The smallest absolute Gasteiger partial charge is 0.287 e. The Labute approximate surface area is 133 Å². The van der Waals surface area contributed by atoms with Crippen LogP contribution in [0.3, 0.4) is 0 Å². The molecule has 1 amide bonds. The maximum atomic E-state index is 13.8. The number of rotatable bonds is 4. The zero-order valence-corrected chi connectivity index (χ0v) is 13.0. The zero-order valence-electron chi connectivity index (χ0n) is 13.0. The average Bonchev–Trinajstić information content (AvgIpc) is 2.92. The van der Waals surface area contributed by atoms with Crippen LogP contribution in [0.5, 0.6) is 0 Å². The van der Waals surface area contributed by atoms with E-state index >= 15 is 0 Å². The quantitative estimate of drug-likeness (QED) is 0.787. The van der Waals surface area contributed by atoms with Crippen LogP contribution in [-0.4, -0.2) is 10.9 Å². The summed E-state index contributed by atoms with van der Waals surface area (Å²) in [4.78, 5) is 16.5. The van der Waals surface area contributed by atoms with Gasteiger partial charge in [0.2, 0.25) is 0 Å². The van der Waals surface area contributed by atoms with Gasteiger partial charge in [0.05, 0.1) is 6.04 Å². The van der Waals surface area contributed by atoms with E-state index in [0.29, 0.717) is 10.9 Å². The van der Waals surface area contributed by atoms with Gasteiger partial charge in [0.25, 0.3) is 5.91 Å². The SMILES string of the molecule is CCC(NC(=O)c1oc2c(F)cccc2c1C)c1ccncc1. The Kier molecular flexibility index (Phi) is 4.10. The Morgan fingerprint density at radius 2 is 2.04 bits per heavy atom. The van der Waals surface area contributed by atoms with Crippen molar-refractivity contribution in [1.29, 1.82) is 0 Å². The number of carbonyl (C=O) groups excluding carboxylic acids is 1. The Hall–Kier alpha value is -2.69. The van der Waals surface area contributed by atoms with Crippen LogP contribution < -0.4 is 5.32 Å². The number of carbonyl (C=O) groups is 1. The molecule has 3 rings (SSSR count). The molecule has 4 nitrogen and oxygen atoms in total. The topological polar surface area (TPSA) is 55.1 Å². The lowest BCUT2D eigenvalue weighted by molar-refractivity contribution is 0.0908. The molecule has 0 saturated carbocycles. The van der Waals surface area contributed by atoms with E-state index in [9.17, 15) is 9.18 Å². The Morgan fingerprint density at radius 1 is 1.30 bits per heavy atom. The van der Waals surface area contributed by atoms with Gasteiger partial charge in [-0.2, -0.15) is 0 Å². The summed E-state index contributed by atoms with van der Waals surface area (Å²) in [6.45, 7) is 3.74. The molecule has 0 saturated heterocycles. The van der Waals surface area contributed by atoms with Crippen LogP contribution in [0.25, 0.3) is 11.0 Å². The summed E-state index contributed by atoms with van der Waals surface area (Å²) < 4.78 is 19.3. The number of aryl methyl sites for hydroxylation is 1. The summed E-state index contributed by atoms with van der Waals surface area (Å²) in [7, 11) is 0. The summed E-state index contributed by atoms with van der Waals surface area (Å²) >= 11 is 0. The van der Waals surface area contributed by atoms with E-state index in [2.05, 4.69) is 10.3 Å². The lowest BCUT2D eigenvalue weighted by Gasteiger charge is -2.16. The van der Waals surface area contributed by atoms with Crippen molar-refractivity contribution < 1.29 is 13.6 Å². The Balaban J connectivity index is 1.91. The Morgan fingerprint density at radius 3 is 2.70 bits per heavy atom. The van der Waals surface area contributed by atoms with Crippen LogP contribution in [-0.2, 0) is 0 Å². The van der Waals surface area contributed by atoms with Crippen molar-refractivity contribution in [2.45, 2.75) is 26.3 Å². The minimum absolute atomic E-state index is 0.118. The Bertz CT molecular complexity index is 843.